The molecular formula is C22H37F3N2O3. The molecule has 30 heavy (non-hydrogen) atoms. The average molecular weight is 435 g/mol. The molecule has 1 spiro atoms. The van der Waals surface area contributed by atoms with Crippen molar-refractivity contribution >= 4 is 11.9 Å². The van der Waals surface area contributed by atoms with Crippen LogP contribution in [0.25, 0.3) is 0 Å². The Morgan fingerprint density at radius 2 is 1.73 bits per heavy atom. The minimum absolute atomic E-state index is 0.00104. The number of nitrogens with zero attached hydrogens (tertiary/aromatic N) is 2. The van der Waals surface area contributed by atoms with E-state index in [1.165, 1.54) is 64.5 Å². The fourth-order valence-corrected chi connectivity index (χ4v) is 5.18. The first kappa shape index (κ1) is 25.0. The zero-order valence-electron chi connectivity index (χ0n) is 18.3. The Kier molecular flexibility index (Phi) is 9.00. The maximum Gasteiger partial charge on any atom is 0.490 e. The molecule has 174 valence electrons. The Morgan fingerprint density at radius 1 is 1.13 bits per heavy atom. The predicted molar refractivity (Wildman–Crippen MR) is 109 cm³/mol. The van der Waals surface area contributed by atoms with E-state index >= 15 is 0 Å². The van der Waals surface area contributed by atoms with Crippen LogP contribution >= 0.6 is 0 Å². The maximum absolute atomic E-state index is 12.9. The van der Waals surface area contributed by atoms with Gasteiger partial charge in [0.05, 0.1) is 5.41 Å². The summed E-state index contributed by atoms with van der Waals surface area (Å²) in [5.74, 6) is -0.683. The number of halogens is 3. The monoisotopic (exact) mass is 434 g/mol. The Morgan fingerprint density at radius 3 is 2.23 bits per heavy atom. The molecule has 0 bridgehead atoms. The van der Waals surface area contributed by atoms with E-state index in [1.54, 1.807) is 0 Å². The van der Waals surface area contributed by atoms with Crippen LogP contribution in [0.3, 0.4) is 0 Å². The highest BCUT2D eigenvalue weighted by atomic mass is 19.4. The van der Waals surface area contributed by atoms with E-state index in [0.717, 1.165) is 37.9 Å². The van der Waals surface area contributed by atoms with Crippen molar-refractivity contribution in [1.82, 2.24) is 9.80 Å². The van der Waals surface area contributed by atoms with E-state index in [0.29, 0.717) is 5.91 Å². The average Bonchev–Trinajstić information content (AvgIpc) is 2.72. The number of piperidine rings is 1. The van der Waals surface area contributed by atoms with Gasteiger partial charge in [-0.3, -0.25) is 4.79 Å². The summed E-state index contributed by atoms with van der Waals surface area (Å²) in [5, 5.41) is 7.12. The minimum Gasteiger partial charge on any atom is -0.475 e. The Bertz CT molecular complexity index is 574. The van der Waals surface area contributed by atoms with E-state index in [9.17, 15) is 18.0 Å². The molecule has 1 aliphatic carbocycles. The lowest BCUT2D eigenvalue weighted by molar-refractivity contribution is -0.192. The fourth-order valence-electron chi connectivity index (χ4n) is 5.18. The Balaban J connectivity index is 0.000000396. The van der Waals surface area contributed by atoms with E-state index in [2.05, 4.69) is 23.6 Å². The third-order valence-corrected chi connectivity index (χ3v) is 7.01. The molecule has 2 saturated heterocycles. The van der Waals surface area contributed by atoms with Crippen molar-refractivity contribution in [2.24, 2.45) is 17.3 Å². The lowest BCUT2D eigenvalue weighted by atomic mass is 9.71. The molecule has 8 heteroatoms. The van der Waals surface area contributed by atoms with Crippen molar-refractivity contribution < 1.29 is 27.9 Å². The van der Waals surface area contributed by atoms with Gasteiger partial charge in [-0.15, -0.1) is 0 Å². The van der Waals surface area contributed by atoms with Crippen LogP contribution in [0.1, 0.15) is 71.6 Å². The summed E-state index contributed by atoms with van der Waals surface area (Å²) in [6, 6.07) is 0. The van der Waals surface area contributed by atoms with Crippen molar-refractivity contribution in [3.8, 4) is 0 Å². The first-order valence-electron chi connectivity index (χ1n) is 11.4. The number of amides is 1. The van der Waals surface area contributed by atoms with Gasteiger partial charge in [-0.25, -0.2) is 4.79 Å². The zero-order chi connectivity index (χ0) is 22.4. The Hall–Kier alpha value is -1.31. The van der Waals surface area contributed by atoms with Gasteiger partial charge >= 0.3 is 12.1 Å². The molecule has 2 aliphatic heterocycles. The summed E-state index contributed by atoms with van der Waals surface area (Å²) in [5.41, 5.74) is -0.00104. The van der Waals surface area contributed by atoms with Crippen molar-refractivity contribution in [3.63, 3.8) is 0 Å². The predicted octanol–water partition coefficient (Wildman–Crippen LogP) is 4.56. The summed E-state index contributed by atoms with van der Waals surface area (Å²) in [6.07, 6.45) is 6.63. The molecule has 1 unspecified atom stereocenters. The van der Waals surface area contributed by atoms with Crippen LogP contribution in [0.2, 0.25) is 0 Å². The molecule has 3 aliphatic rings. The van der Waals surface area contributed by atoms with Gasteiger partial charge in [0.1, 0.15) is 0 Å². The van der Waals surface area contributed by atoms with Gasteiger partial charge in [0.25, 0.3) is 0 Å². The van der Waals surface area contributed by atoms with Crippen molar-refractivity contribution in [1.29, 1.82) is 0 Å². The summed E-state index contributed by atoms with van der Waals surface area (Å²) < 4.78 is 31.7. The van der Waals surface area contributed by atoms with Gasteiger partial charge in [0, 0.05) is 26.2 Å². The van der Waals surface area contributed by atoms with Gasteiger partial charge in [-0.1, -0.05) is 46.0 Å². The van der Waals surface area contributed by atoms with Gasteiger partial charge in [-0.05, 0) is 44.1 Å². The number of hydrogen-bond acceptors (Lipinski definition) is 3. The smallest absolute Gasteiger partial charge is 0.475 e. The van der Waals surface area contributed by atoms with Gasteiger partial charge < -0.3 is 14.9 Å². The van der Waals surface area contributed by atoms with Crippen molar-refractivity contribution in [2.75, 3.05) is 32.7 Å². The van der Waals surface area contributed by atoms with Crippen LogP contribution in [-0.4, -0.2) is 65.7 Å². The Labute approximate surface area is 178 Å². The number of alkyl halides is 3. The number of rotatable bonds is 6. The van der Waals surface area contributed by atoms with E-state index in [-0.39, 0.29) is 5.41 Å². The van der Waals surface area contributed by atoms with Crippen molar-refractivity contribution in [2.45, 2.75) is 77.8 Å². The van der Waals surface area contributed by atoms with E-state index < -0.39 is 12.1 Å². The lowest BCUT2D eigenvalue weighted by Crippen LogP contribution is -2.67. The van der Waals surface area contributed by atoms with E-state index in [4.69, 9.17) is 9.90 Å². The number of carboxylic acids is 1. The highest BCUT2D eigenvalue weighted by Gasteiger charge is 2.53. The molecule has 5 nitrogen and oxygen atoms in total. The van der Waals surface area contributed by atoms with Crippen LogP contribution < -0.4 is 0 Å². The first-order chi connectivity index (χ1) is 14.1. The minimum atomic E-state index is -5.08. The number of β-lactam (4-membered cyclic amide) rings is 1. The number of hydrogen-bond donors (Lipinski definition) is 1. The summed E-state index contributed by atoms with van der Waals surface area (Å²) in [4.78, 5) is 26.6. The van der Waals surface area contributed by atoms with Gasteiger partial charge in [-0.2, -0.15) is 13.2 Å². The van der Waals surface area contributed by atoms with Crippen molar-refractivity contribution in [3.05, 3.63) is 0 Å². The largest absolute Gasteiger partial charge is 0.490 e. The summed E-state index contributed by atoms with van der Waals surface area (Å²) in [6.45, 7) is 10.1. The maximum atomic E-state index is 12.9. The first-order valence-corrected chi connectivity index (χ1v) is 11.4. The van der Waals surface area contributed by atoms with Crippen LogP contribution in [0.15, 0.2) is 0 Å². The number of aliphatic carboxylic acids is 1. The molecule has 1 atom stereocenters. The molecule has 0 aromatic rings. The van der Waals surface area contributed by atoms with Crippen LogP contribution in [0.5, 0.6) is 0 Å². The van der Waals surface area contributed by atoms with Crippen LogP contribution in [0.4, 0.5) is 13.2 Å². The molecule has 3 rings (SSSR count). The summed E-state index contributed by atoms with van der Waals surface area (Å²) >= 11 is 0. The topological polar surface area (TPSA) is 60.9 Å². The number of likely N-dealkylation sites (tertiary alicyclic amines) is 2. The zero-order valence-corrected chi connectivity index (χ0v) is 18.3. The lowest BCUT2D eigenvalue weighted by Gasteiger charge is -2.54. The molecule has 1 saturated carbocycles. The van der Waals surface area contributed by atoms with E-state index in [1.807, 2.05) is 0 Å². The molecule has 2 heterocycles. The highest BCUT2D eigenvalue weighted by Crippen LogP contribution is 2.41. The normalized spacial score (nSPS) is 25.8. The molecule has 0 aromatic carbocycles. The highest BCUT2D eigenvalue weighted by molar-refractivity contribution is 5.89. The molecule has 0 aromatic heterocycles. The second-order valence-corrected chi connectivity index (χ2v) is 9.29. The number of carbonyl (C=O) groups excluding carboxylic acids is 1. The van der Waals surface area contributed by atoms with Gasteiger partial charge in [0.15, 0.2) is 0 Å². The second-order valence-electron chi connectivity index (χ2n) is 9.29. The quantitative estimate of drug-likeness (QED) is 0.623. The number of carboxylic acid groups (broad SMARTS) is 1. The standard InChI is InChI=1S/C20H36N2O.C2HF3O2/c1-3-17(4-2)13-21-12-8-11-20(15-21)16-22(19(20)23)14-18-9-6-5-7-10-18;3-2(4,5)1(6)7/h17-18H,3-16H2,1-2H3;(H,6,7). The second kappa shape index (κ2) is 10.8. The fraction of sp³-hybridized carbons (Fsp3) is 0.909. The molecule has 1 amide bonds. The molecule has 0 radical (unpaired) electrons. The summed E-state index contributed by atoms with van der Waals surface area (Å²) in [7, 11) is 0. The third kappa shape index (κ3) is 6.59. The third-order valence-electron chi connectivity index (χ3n) is 7.01. The molecule has 3 fully saturated rings. The molecule has 1 N–H and O–H groups in total. The number of carbonyl (C=O) groups is 2. The SMILES string of the molecule is CCC(CC)CN1CCCC2(C1)CN(CC1CCCCC1)C2=O.O=C(O)C(F)(F)F. The van der Waals surface area contributed by atoms with Crippen LogP contribution in [-0.2, 0) is 9.59 Å². The molecular weight excluding hydrogens is 397 g/mol. The van der Waals surface area contributed by atoms with Gasteiger partial charge in [0.2, 0.25) is 5.91 Å². The van der Waals surface area contributed by atoms with Crippen LogP contribution in [0, 0.1) is 17.3 Å².